The summed E-state index contributed by atoms with van der Waals surface area (Å²) >= 11 is 0. The molecule has 3 rings (SSSR count). The standard InChI is InChI=1S/C11H10F2N2/c1-14-2-3-15-10(14)5-7-4-8(12)6-9(13)11(7)15/h2-4,6,10H,5H2,1H3. The molecule has 1 aromatic carbocycles. The van der Waals surface area contributed by atoms with Gasteiger partial charge in [-0.3, -0.25) is 0 Å². The summed E-state index contributed by atoms with van der Waals surface area (Å²) in [4.78, 5) is 3.85. The third-order valence-electron chi connectivity index (χ3n) is 3.02. The van der Waals surface area contributed by atoms with Crippen LogP contribution in [0.25, 0.3) is 0 Å². The molecule has 0 saturated heterocycles. The van der Waals surface area contributed by atoms with Crippen molar-refractivity contribution in [2.75, 3.05) is 11.9 Å². The Morgan fingerprint density at radius 2 is 2.07 bits per heavy atom. The maximum Gasteiger partial charge on any atom is 0.150 e. The van der Waals surface area contributed by atoms with E-state index in [0.29, 0.717) is 12.1 Å². The molecule has 2 aliphatic heterocycles. The fourth-order valence-corrected chi connectivity index (χ4v) is 2.30. The molecule has 0 spiro atoms. The second kappa shape index (κ2) is 2.72. The normalized spacial score (nSPS) is 22.2. The third kappa shape index (κ3) is 1.07. The van der Waals surface area contributed by atoms with Gasteiger partial charge in [0.05, 0.1) is 5.69 Å². The van der Waals surface area contributed by atoms with Crippen molar-refractivity contribution >= 4 is 5.69 Å². The zero-order valence-corrected chi connectivity index (χ0v) is 8.24. The molecule has 0 N–H and O–H groups in total. The van der Waals surface area contributed by atoms with Crippen LogP contribution < -0.4 is 4.90 Å². The largest absolute Gasteiger partial charge is 0.358 e. The molecule has 2 aliphatic rings. The van der Waals surface area contributed by atoms with Crippen LogP contribution in [0.3, 0.4) is 0 Å². The Bertz CT molecular complexity index is 456. The highest BCUT2D eigenvalue weighted by Crippen LogP contribution is 2.38. The van der Waals surface area contributed by atoms with Crippen LogP contribution in [0, 0.1) is 11.6 Å². The van der Waals surface area contributed by atoms with E-state index in [1.807, 2.05) is 29.2 Å². The number of nitrogens with zero attached hydrogens (tertiary/aromatic N) is 2. The first kappa shape index (κ1) is 8.71. The number of fused-ring (bicyclic) bond motifs is 3. The summed E-state index contributed by atoms with van der Waals surface area (Å²) in [5.41, 5.74) is 1.26. The number of benzene rings is 1. The Kier molecular flexibility index (Phi) is 1.58. The number of likely N-dealkylation sites (N-methyl/N-ethyl adjacent to an activating group) is 1. The topological polar surface area (TPSA) is 6.48 Å². The molecular formula is C11H10F2N2. The fraction of sp³-hybridized carbons (Fsp3) is 0.273. The molecule has 2 nitrogen and oxygen atoms in total. The van der Waals surface area contributed by atoms with Crippen LogP contribution in [0.5, 0.6) is 0 Å². The van der Waals surface area contributed by atoms with Gasteiger partial charge in [-0.05, 0) is 11.6 Å². The molecule has 0 aromatic heterocycles. The molecule has 0 aliphatic carbocycles. The fourth-order valence-electron chi connectivity index (χ4n) is 2.30. The molecular weight excluding hydrogens is 198 g/mol. The van der Waals surface area contributed by atoms with Gasteiger partial charge in [-0.2, -0.15) is 0 Å². The Morgan fingerprint density at radius 1 is 1.27 bits per heavy atom. The van der Waals surface area contributed by atoms with Crippen molar-refractivity contribution in [3.8, 4) is 0 Å². The molecule has 15 heavy (non-hydrogen) atoms. The van der Waals surface area contributed by atoms with E-state index in [1.54, 1.807) is 0 Å². The monoisotopic (exact) mass is 208 g/mol. The minimum absolute atomic E-state index is 0.108. The lowest BCUT2D eigenvalue weighted by atomic mass is 10.1. The van der Waals surface area contributed by atoms with Gasteiger partial charge in [0.1, 0.15) is 17.8 Å². The van der Waals surface area contributed by atoms with Crippen molar-refractivity contribution in [1.82, 2.24) is 4.90 Å². The van der Waals surface area contributed by atoms with Gasteiger partial charge in [-0.25, -0.2) is 8.78 Å². The summed E-state index contributed by atoms with van der Waals surface area (Å²) in [5, 5.41) is 0. The molecule has 0 bridgehead atoms. The summed E-state index contributed by atoms with van der Waals surface area (Å²) in [6.07, 6.45) is 4.50. The second-order valence-electron chi connectivity index (χ2n) is 3.95. The van der Waals surface area contributed by atoms with Crippen molar-refractivity contribution in [3.05, 3.63) is 41.7 Å². The molecule has 0 amide bonds. The molecule has 1 unspecified atom stereocenters. The molecule has 1 atom stereocenters. The minimum atomic E-state index is -0.501. The van der Waals surface area contributed by atoms with E-state index in [1.165, 1.54) is 6.07 Å². The third-order valence-corrected chi connectivity index (χ3v) is 3.02. The van der Waals surface area contributed by atoms with Crippen LogP contribution in [0.2, 0.25) is 0 Å². The van der Waals surface area contributed by atoms with E-state index in [4.69, 9.17) is 0 Å². The lowest BCUT2D eigenvalue weighted by Gasteiger charge is -2.23. The highest BCUT2D eigenvalue weighted by molar-refractivity contribution is 5.63. The maximum absolute atomic E-state index is 13.6. The SMILES string of the molecule is CN1C=CN2c3c(F)cc(F)cc3CC12. The highest BCUT2D eigenvalue weighted by Gasteiger charge is 2.35. The summed E-state index contributed by atoms with van der Waals surface area (Å²) in [6, 6.07) is 2.35. The lowest BCUT2D eigenvalue weighted by Crippen LogP contribution is -2.33. The molecule has 1 aromatic rings. The summed E-state index contributed by atoms with van der Waals surface area (Å²) in [7, 11) is 1.93. The van der Waals surface area contributed by atoms with Crippen molar-refractivity contribution in [1.29, 1.82) is 0 Å². The maximum atomic E-state index is 13.6. The predicted octanol–water partition coefficient (Wildman–Crippen LogP) is 2.07. The number of hydrogen-bond donors (Lipinski definition) is 0. The van der Waals surface area contributed by atoms with Crippen LogP contribution >= 0.6 is 0 Å². The van der Waals surface area contributed by atoms with Gasteiger partial charge in [0, 0.05) is 31.9 Å². The first-order chi connectivity index (χ1) is 7.16. The van der Waals surface area contributed by atoms with Gasteiger partial charge >= 0.3 is 0 Å². The van der Waals surface area contributed by atoms with Gasteiger partial charge in [0.25, 0.3) is 0 Å². The van der Waals surface area contributed by atoms with E-state index in [-0.39, 0.29) is 6.17 Å². The van der Waals surface area contributed by atoms with E-state index in [9.17, 15) is 8.78 Å². The van der Waals surface area contributed by atoms with Crippen molar-refractivity contribution < 1.29 is 8.78 Å². The molecule has 0 radical (unpaired) electrons. The van der Waals surface area contributed by atoms with Crippen LogP contribution in [0.4, 0.5) is 14.5 Å². The van der Waals surface area contributed by atoms with Crippen molar-refractivity contribution in [3.63, 3.8) is 0 Å². The van der Waals surface area contributed by atoms with Gasteiger partial charge in [0.2, 0.25) is 0 Å². The summed E-state index contributed by atoms with van der Waals surface area (Å²) in [5.74, 6) is -0.980. The zero-order valence-electron chi connectivity index (χ0n) is 8.24. The molecule has 78 valence electrons. The highest BCUT2D eigenvalue weighted by atomic mass is 19.1. The Balaban J connectivity index is 2.15. The Morgan fingerprint density at radius 3 is 2.87 bits per heavy atom. The van der Waals surface area contributed by atoms with Gasteiger partial charge in [-0.15, -0.1) is 0 Å². The van der Waals surface area contributed by atoms with E-state index in [2.05, 4.69) is 0 Å². The van der Waals surface area contributed by atoms with Crippen LogP contribution in [-0.4, -0.2) is 18.1 Å². The first-order valence-electron chi connectivity index (χ1n) is 4.83. The van der Waals surface area contributed by atoms with Crippen LogP contribution in [0.1, 0.15) is 5.56 Å². The quantitative estimate of drug-likeness (QED) is 0.644. The number of halogens is 2. The lowest BCUT2D eigenvalue weighted by molar-refractivity contribution is 0.368. The molecule has 0 saturated carbocycles. The second-order valence-corrected chi connectivity index (χ2v) is 3.95. The number of anilines is 1. The minimum Gasteiger partial charge on any atom is -0.358 e. The average molecular weight is 208 g/mol. The van der Waals surface area contributed by atoms with Crippen LogP contribution in [0.15, 0.2) is 24.5 Å². The summed E-state index contributed by atoms with van der Waals surface area (Å²) < 4.78 is 26.6. The Labute approximate surface area is 86.4 Å². The van der Waals surface area contributed by atoms with Gasteiger partial charge < -0.3 is 9.80 Å². The Hall–Kier alpha value is -1.58. The number of hydrogen-bond acceptors (Lipinski definition) is 2. The average Bonchev–Trinajstić information content (AvgIpc) is 2.66. The van der Waals surface area contributed by atoms with Crippen molar-refractivity contribution in [2.24, 2.45) is 0 Å². The predicted molar refractivity (Wildman–Crippen MR) is 53.2 cm³/mol. The van der Waals surface area contributed by atoms with Gasteiger partial charge in [0.15, 0.2) is 0 Å². The zero-order chi connectivity index (χ0) is 10.6. The van der Waals surface area contributed by atoms with Crippen molar-refractivity contribution in [2.45, 2.75) is 12.6 Å². The summed E-state index contributed by atoms with van der Waals surface area (Å²) in [6.45, 7) is 0. The smallest absolute Gasteiger partial charge is 0.150 e. The van der Waals surface area contributed by atoms with E-state index < -0.39 is 11.6 Å². The first-order valence-corrected chi connectivity index (χ1v) is 4.83. The van der Waals surface area contributed by atoms with Gasteiger partial charge in [-0.1, -0.05) is 0 Å². The number of rotatable bonds is 0. The van der Waals surface area contributed by atoms with E-state index >= 15 is 0 Å². The molecule has 2 heterocycles. The molecule has 4 heteroatoms. The van der Waals surface area contributed by atoms with Crippen LogP contribution in [-0.2, 0) is 6.42 Å². The van der Waals surface area contributed by atoms with E-state index in [0.717, 1.165) is 11.6 Å². The molecule has 0 fully saturated rings.